The van der Waals surface area contributed by atoms with Crippen LogP contribution in [-0.2, 0) is 12.6 Å². The summed E-state index contributed by atoms with van der Waals surface area (Å²) in [7, 11) is 1.65. The van der Waals surface area contributed by atoms with Gasteiger partial charge in [-0.15, -0.1) is 0 Å². The molecule has 3 rings (SSSR count). The first-order chi connectivity index (χ1) is 9.38. The fraction of sp³-hybridized carbons (Fsp3) is 0.462. The van der Waals surface area contributed by atoms with Crippen LogP contribution in [0.5, 0.6) is 0 Å². The Labute approximate surface area is 115 Å². The molecule has 1 saturated heterocycles. The molecule has 2 heterocycles. The van der Waals surface area contributed by atoms with Crippen molar-refractivity contribution in [2.45, 2.75) is 18.6 Å². The summed E-state index contributed by atoms with van der Waals surface area (Å²) < 4.78 is 38.6. The molecule has 7 heteroatoms. The number of carbonyl (C=O) groups is 1. The van der Waals surface area contributed by atoms with Crippen LogP contribution < -0.4 is 10.8 Å². The predicted octanol–water partition coefficient (Wildman–Crippen LogP) is -0.0661. The Hall–Kier alpha value is -1.50. The van der Waals surface area contributed by atoms with Gasteiger partial charge in [-0.25, -0.2) is 0 Å². The summed E-state index contributed by atoms with van der Waals surface area (Å²) in [5.74, 6) is -0.271. The number of fused-ring (bicyclic) bond motifs is 2. The molecule has 106 valence electrons. The van der Waals surface area contributed by atoms with E-state index in [-0.39, 0.29) is 17.5 Å². The van der Waals surface area contributed by atoms with E-state index in [1.165, 1.54) is 0 Å². The Kier molecular flexibility index (Phi) is 3.04. The monoisotopic (exact) mass is 282 g/mol. The third kappa shape index (κ3) is 2.10. The predicted molar refractivity (Wildman–Crippen MR) is 71.0 cm³/mol. The van der Waals surface area contributed by atoms with Crippen molar-refractivity contribution >= 4 is 19.2 Å². The highest BCUT2D eigenvalue weighted by molar-refractivity contribution is 6.34. The Morgan fingerprint density at radius 3 is 2.80 bits per heavy atom. The molecule has 3 nitrogen and oxygen atoms in total. The van der Waals surface area contributed by atoms with Gasteiger partial charge >= 0.3 is 6.18 Å². The SMILES string of the molecule is Bc1cc(C(F)(F)F)cc2c1C[C@@H]1CNCCN1C2=O. The van der Waals surface area contributed by atoms with Crippen LogP contribution in [0.1, 0.15) is 21.5 Å². The Morgan fingerprint density at radius 1 is 1.35 bits per heavy atom. The average molecular weight is 282 g/mol. The molecular weight excluding hydrogens is 268 g/mol. The van der Waals surface area contributed by atoms with Crippen LogP contribution in [0.15, 0.2) is 12.1 Å². The Morgan fingerprint density at radius 2 is 2.10 bits per heavy atom. The number of amides is 1. The number of hydrogen-bond donors (Lipinski definition) is 1. The lowest BCUT2D eigenvalue weighted by molar-refractivity contribution is -0.137. The summed E-state index contributed by atoms with van der Waals surface area (Å²) in [6, 6.07) is 2.19. The minimum Gasteiger partial charge on any atom is -0.333 e. The first-order valence-corrected chi connectivity index (χ1v) is 6.60. The quantitative estimate of drug-likeness (QED) is 0.676. The van der Waals surface area contributed by atoms with Gasteiger partial charge < -0.3 is 10.2 Å². The smallest absolute Gasteiger partial charge is 0.333 e. The lowest BCUT2D eigenvalue weighted by Crippen LogP contribution is -2.57. The zero-order valence-electron chi connectivity index (χ0n) is 11.0. The first-order valence-electron chi connectivity index (χ1n) is 6.60. The van der Waals surface area contributed by atoms with Gasteiger partial charge in [0.2, 0.25) is 0 Å². The molecule has 1 aromatic carbocycles. The van der Waals surface area contributed by atoms with E-state index in [1.807, 2.05) is 0 Å². The summed E-state index contributed by atoms with van der Waals surface area (Å²) >= 11 is 0. The second-order valence-corrected chi connectivity index (χ2v) is 5.38. The molecule has 0 bridgehead atoms. The molecule has 1 aromatic rings. The molecule has 0 spiro atoms. The van der Waals surface area contributed by atoms with E-state index in [1.54, 1.807) is 12.7 Å². The maximum Gasteiger partial charge on any atom is 0.416 e. The molecule has 0 unspecified atom stereocenters. The van der Waals surface area contributed by atoms with Crippen molar-refractivity contribution < 1.29 is 18.0 Å². The molecule has 2 aliphatic heterocycles. The fourth-order valence-corrected chi connectivity index (χ4v) is 3.04. The molecular formula is C13H14BF3N2O. The van der Waals surface area contributed by atoms with Crippen molar-refractivity contribution in [3.8, 4) is 0 Å². The zero-order valence-corrected chi connectivity index (χ0v) is 11.0. The summed E-state index contributed by atoms with van der Waals surface area (Å²) in [5, 5.41) is 3.22. The standard InChI is InChI=1S/C13H14BF3N2O/c14-11-4-7(13(15,16)17)3-10-9(11)5-8-6-18-1-2-19(8)12(10)20/h3-4,8,18H,1-2,5-6,14H2/t8-/m1/s1. The van der Waals surface area contributed by atoms with Crippen molar-refractivity contribution in [2.24, 2.45) is 0 Å². The van der Waals surface area contributed by atoms with Crippen LogP contribution in [0.3, 0.4) is 0 Å². The van der Waals surface area contributed by atoms with Crippen LogP contribution >= 0.6 is 0 Å². The number of alkyl halides is 3. The molecule has 0 aliphatic carbocycles. The van der Waals surface area contributed by atoms with Crippen molar-refractivity contribution in [3.05, 3.63) is 28.8 Å². The number of hydrogen-bond acceptors (Lipinski definition) is 2. The third-order valence-electron chi connectivity index (χ3n) is 4.08. The highest BCUT2D eigenvalue weighted by Crippen LogP contribution is 2.32. The van der Waals surface area contributed by atoms with Gasteiger partial charge in [-0.05, 0) is 18.1 Å². The highest BCUT2D eigenvalue weighted by Gasteiger charge is 2.38. The van der Waals surface area contributed by atoms with E-state index < -0.39 is 11.7 Å². The first kappa shape index (κ1) is 13.5. The van der Waals surface area contributed by atoms with Gasteiger partial charge in [0.05, 0.1) is 5.56 Å². The normalized spacial score (nSPS) is 22.4. The van der Waals surface area contributed by atoms with Crippen molar-refractivity contribution in [3.63, 3.8) is 0 Å². The minimum atomic E-state index is -4.42. The van der Waals surface area contributed by atoms with Gasteiger partial charge in [-0.1, -0.05) is 11.5 Å². The number of rotatable bonds is 0. The molecule has 1 amide bonds. The van der Waals surface area contributed by atoms with E-state index in [4.69, 9.17) is 0 Å². The number of benzene rings is 1. The van der Waals surface area contributed by atoms with Gasteiger partial charge in [0.15, 0.2) is 0 Å². The second-order valence-electron chi connectivity index (χ2n) is 5.38. The van der Waals surface area contributed by atoms with Crippen molar-refractivity contribution in [1.82, 2.24) is 10.2 Å². The third-order valence-corrected chi connectivity index (χ3v) is 4.08. The van der Waals surface area contributed by atoms with Gasteiger partial charge in [-0.2, -0.15) is 13.2 Å². The van der Waals surface area contributed by atoms with Crippen LogP contribution in [0, 0.1) is 0 Å². The Balaban J connectivity index is 2.09. The van der Waals surface area contributed by atoms with E-state index in [2.05, 4.69) is 5.32 Å². The topological polar surface area (TPSA) is 32.3 Å². The van der Waals surface area contributed by atoms with E-state index in [9.17, 15) is 18.0 Å². The summed E-state index contributed by atoms with van der Waals surface area (Å²) in [6.45, 7) is 1.94. The van der Waals surface area contributed by atoms with Crippen molar-refractivity contribution in [2.75, 3.05) is 19.6 Å². The van der Waals surface area contributed by atoms with Gasteiger partial charge in [0, 0.05) is 31.2 Å². The lowest BCUT2D eigenvalue weighted by Gasteiger charge is -2.41. The number of nitrogens with zero attached hydrogens (tertiary/aromatic N) is 1. The summed E-state index contributed by atoms with van der Waals surface area (Å²) in [5.41, 5.74) is 0.785. The minimum absolute atomic E-state index is 0.0548. The van der Waals surface area contributed by atoms with E-state index >= 15 is 0 Å². The average Bonchev–Trinajstić information content (AvgIpc) is 2.39. The maximum atomic E-state index is 12.9. The van der Waals surface area contributed by atoms with Crippen LogP contribution in [-0.4, -0.2) is 44.3 Å². The number of piperazine rings is 1. The summed E-state index contributed by atoms with van der Waals surface area (Å²) in [6.07, 6.45) is -3.79. The molecule has 1 N–H and O–H groups in total. The van der Waals surface area contributed by atoms with Gasteiger partial charge in [-0.3, -0.25) is 4.79 Å². The molecule has 20 heavy (non-hydrogen) atoms. The molecule has 2 aliphatic rings. The van der Waals surface area contributed by atoms with Crippen molar-refractivity contribution in [1.29, 1.82) is 0 Å². The molecule has 0 radical (unpaired) electrons. The largest absolute Gasteiger partial charge is 0.416 e. The number of nitrogens with one attached hydrogen (secondary N) is 1. The van der Waals surface area contributed by atoms with Gasteiger partial charge in [0.25, 0.3) is 5.91 Å². The fourth-order valence-electron chi connectivity index (χ4n) is 3.04. The highest BCUT2D eigenvalue weighted by atomic mass is 19.4. The molecule has 1 fully saturated rings. The summed E-state index contributed by atoms with van der Waals surface area (Å²) in [4.78, 5) is 14.1. The lowest BCUT2D eigenvalue weighted by atomic mass is 9.80. The van der Waals surface area contributed by atoms with Crippen LogP contribution in [0.2, 0.25) is 0 Å². The van der Waals surface area contributed by atoms with Crippen LogP contribution in [0.4, 0.5) is 13.2 Å². The number of carbonyl (C=O) groups excluding carboxylic acids is 1. The zero-order chi connectivity index (χ0) is 14.5. The van der Waals surface area contributed by atoms with Gasteiger partial charge in [0.1, 0.15) is 7.85 Å². The molecule has 0 saturated carbocycles. The maximum absolute atomic E-state index is 12.9. The van der Waals surface area contributed by atoms with E-state index in [0.717, 1.165) is 17.7 Å². The molecule has 1 atom stereocenters. The molecule has 0 aromatic heterocycles. The second kappa shape index (κ2) is 4.51. The van der Waals surface area contributed by atoms with Crippen LogP contribution in [0.25, 0.3) is 0 Å². The van der Waals surface area contributed by atoms with E-state index in [0.29, 0.717) is 31.5 Å². The Bertz CT molecular complexity index is 573. The number of halogens is 3.